The van der Waals surface area contributed by atoms with E-state index in [-0.39, 0.29) is 0 Å². The van der Waals surface area contributed by atoms with Gasteiger partial charge in [0, 0.05) is 45.5 Å². The third kappa shape index (κ3) is 4.51. The predicted molar refractivity (Wildman–Crippen MR) is 86.7 cm³/mol. The molecule has 20 heavy (non-hydrogen) atoms. The maximum Gasteiger partial charge on any atom is 0.122 e. The Morgan fingerprint density at radius 2 is 1.95 bits per heavy atom. The second kappa shape index (κ2) is 7.11. The molecule has 0 atom stereocenters. The number of nitrogens with two attached hydrogens (primary N) is 1. The summed E-state index contributed by atoms with van der Waals surface area (Å²) in [5.41, 5.74) is 7.58. The molecule has 1 aromatic heterocycles. The molecule has 0 radical (unpaired) electrons. The summed E-state index contributed by atoms with van der Waals surface area (Å²) in [6.45, 7) is 11.3. The van der Waals surface area contributed by atoms with Crippen molar-refractivity contribution in [1.82, 2.24) is 14.8 Å². The minimum absolute atomic E-state index is 0.369. The maximum atomic E-state index is 5.63. The van der Waals surface area contributed by atoms with Crippen molar-refractivity contribution in [2.24, 2.45) is 11.7 Å². The highest BCUT2D eigenvalue weighted by molar-refractivity contribution is 7.80. The Bertz CT molecular complexity index is 453. The highest BCUT2D eigenvalue weighted by Crippen LogP contribution is 2.10. The molecule has 1 aromatic rings. The van der Waals surface area contributed by atoms with E-state index in [1.165, 1.54) is 12.1 Å². The van der Waals surface area contributed by atoms with Crippen LogP contribution in [-0.2, 0) is 6.54 Å². The number of piperazine rings is 1. The van der Waals surface area contributed by atoms with Crippen LogP contribution in [0, 0.1) is 5.92 Å². The first-order valence-corrected chi connectivity index (χ1v) is 7.65. The standard InChI is InChI=1S/C15H24N4S/c1-12(2)10-18-5-7-19(8-6-18)11-13-3-4-17-14(9-13)15(16)20/h3-4,9,12H,5-8,10-11H2,1-2H3,(H2,16,20). The lowest BCUT2D eigenvalue weighted by molar-refractivity contribution is 0.117. The van der Waals surface area contributed by atoms with Crippen LogP contribution < -0.4 is 5.73 Å². The van der Waals surface area contributed by atoms with Gasteiger partial charge in [0.2, 0.25) is 0 Å². The van der Waals surface area contributed by atoms with Gasteiger partial charge in [-0.2, -0.15) is 0 Å². The zero-order chi connectivity index (χ0) is 14.5. The van der Waals surface area contributed by atoms with Gasteiger partial charge in [0.15, 0.2) is 0 Å². The first kappa shape index (κ1) is 15.4. The SMILES string of the molecule is CC(C)CN1CCN(Cc2ccnc(C(N)=S)c2)CC1. The van der Waals surface area contributed by atoms with Crippen molar-refractivity contribution in [1.29, 1.82) is 0 Å². The van der Waals surface area contributed by atoms with E-state index in [0.717, 1.165) is 44.3 Å². The lowest BCUT2D eigenvalue weighted by Gasteiger charge is -2.35. The molecular formula is C15H24N4S. The fraction of sp³-hybridized carbons (Fsp3) is 0.600. The Hall–Kier alpha value is -1.04. The van der Waals surface area contributed by atoms with Crippen LogP contribution in [0.2, 0.25) is 0 Å². The molecule has 0 unspecified atom stereocenters. The first-order chi connectivity index (χ1) is 9.54. The van der Waals surface area contributed by atoms with Crippen LogP contribution in [0.5, 0.6) is 0 Å². The Kier molecular flexibility index (Phi) is 5.46. The predicted octanol–water partition coefficient (Wildman–Crippen LogP) is 1.49. The normalized spacial score (nSPS) is 17.6. The van der Waals surface area contributed by atoms with Gasteiger partial charge in [-0.3, -0.25) is 9.88 Å². The Balaban J connectivity index is 1.86. The molecule has 1 aliphatic heterocycles. The summed E-state index contributed by atoms with van der Waals surface area (Å²) >= 11 is 4.98. The largest absolute Gasteiger partial charge is 0.388 e. The maximum absolute atomic E-state index is 5.63. The summed E-state index contributed by atoms with van der Waals surface area (Å²) in [5, 5.41) is 0. The lowest BCUT2D eigenvalue weighted by Crippen LogP contribution is -2.46. The van der Waals surface area contributed by atoms with E-state index in [0.29, 0.717) is 4.99 Å². The lowest BCUT2D eigenvalue weighted by atomic mass is 10.1. The topological polar surface area (TPSA) is 45.4 Å². The van der Waals surface area contributed by atoms with Crippen molar-refractivity contribution in [2.75, 3.05) is 32.7 Å². The van der Waals surface area contributed by atoms with Gasteiger partial charge in [0.05, 0.1) is 5.69 Å². The summed E-state index contributed by atoms with van der Waals surface area (Å²) < 4.78 is 0. The second-order valence-electron chi connectivity index (χ2n) is 5.88. The van der Waals surface area contributed by atoms with Crippen LogP contribution in [0.15, 0.2) is 18.3 Å². The Labute approximate surface area is 127 Å². The fourth-order valence-corrected chi connectivity index (χ4v) is 2.72. The third-order valence-electron chi connectivity index (χ3n) is 3.57. The molecule has 110 valence electrons. The minimum atomic E-state index is 0.369. The van der Waals surface area contributed by atoms with Crippen LogP contribution in [0.1, 0.15) is 25.1 Å². The van der Waals surface area contributed by atoms with E-state index in [4.69, 9.17) is 18.0 Å². The van der Waals surface area contributed by atoms with Crippen LogP contribution in [-0.4, -0.2) is 52.5 Å². The van der Waals surface area contributed by atoms with Gasteiger partial charge >= 0.3 is 0 Å². The van der Waals surface area contributed by atoms with Gasteiger partial charge in [0.1, 0.15) is 4.99 Å². The van der Waals surface area contributed by atoms with Gasteiger partial charge in [0.25, 0.3) is 0 Å². The number of pyridine rings is 1. The monoisotopic (exact) mass is 292 g/mol. The molecule has 1 aliphatic rings. The Morgan fingerprint density at radius 3 is 2.55 bits per heavy atom. The van der Waals surface area contributed by atoms with Gasteiger partial charge in [-0.1, -0.05) is 26.1 Å². The van der Waals surface area contributed by atoms with E-state index < -0.39 is 0 Å². The summed E-state index contributed by atoms with van der Waals surface area (Å²) in [6.07, 6.45) is 1.79. The van der Waals surface area contributed by atoms with E-state index in [1.807, 2.05) is 12.1 Å². The van der Waals surface area contributed by atoms with Gasteiger partial charge < -0.3 is 10.6 Å². The average Bonchev–Trinajstić information content (AvgIpc) is 2.41. The number of aromatic nitrogens is 1. The second-order valence-corrected chi connectivity index (χ2v) is 6.32. The number of thiocarbonyl (C=S) groups is 1. The first-order valence-electron chi connectivity index (χ1n) is 7.24. The van der Waals surface area contributed by atoms with Crippen LogP contribution in [0.3, 0.4) is 0 Å². The van der Waals surface area contributed by atoms with Crippen molar-refractivity contribution >= 4 is 17.2 Å². The van der Waals surface area contributed by atoms with Crippen LogP contribution in [0.4, 0.5) is 0 Å². The molecule has 0 amide bonds. The van der Waals surface area contributed by atoms with E-state index in [2.05, 4.69) is 28.6 Å². The third-order valence-corrected chi connectivity index (χ3v) is 3.78. The average molecular weight is 292 g/mol. The zero-order valence-electron chi connectivity index (χ0n) is 12.4. The minimum Gasteiger partial charge on any atom is -0.388 e. The van der Waals surface area contributed by atoms with E-state index in [1.54, 1.807) is 6.20 Å². The molecule has 1 fully saturated rings. The summed E-state index contributed by atoms with van der Waals surface area (Å²) in [5.74, 6) is 0.745. The highest BCUT2D eigenvalue weighted by Gasteiger charge is 2.17. The number of nitrogens with zero attached hydrogens (tertiary/aromatic N) is 3. The molecule has 2 rings (SSSR count). The number of hydrogen-bond donors (Lipinski definition) is 1. The molecular weight excluding hydrogens is 268 g/mol. The van der Waals surface area contributed by atoms with Gasteiger partial charge in [-0.15, -0.1) is 0 Å². The zero-order valence-corrected chi connectivity index (χ0v) is 13.2. The summed E-state index contributed by atoms with van der Waals surface area (Å²) in [7, 11) is 0. The van der Waals surface area contributed by atoms with Crippen molar-refractivity contribution < 1.29 is 0 Å². The number of hydrogen-bond acceptors (Lipinski definition) is 4. The van der Waals surface area contributed by atoms with Crippen LogP contribution in [0.25, 0.3) is 0 Å². The smallest absolute Gasteiger partial charge is 0.122 e. The molecule has 5 heteroatoms. The molecule has 0 saturated carbocycles. The van der Waals surface area contributed by atoms with Crippen molar-refractivity contribution in [3.8, 4) is 0 Å². The molecule has 1 saturated heterocycles. The summed E-state index contributed by atoms with van der Waals surface area (Å²) in [6, 6.07) is 4.05. The van der Waals surface area contributed by atoms with Gasteiger partial charge in [-0.05, 0) is 23.6 Å². The van der Waals surface area contributed by atoms with Crippen molar-refractivity contribution in [3.05, 3.63) is 29.6 Å². The highest BCUT2D eigenvalue weighted by atomic mass is 32.1. The van der Waals surface area contributed by atoms with Crippen LogP contribution >= 0.6 is 12.2 Å². The molecule has 0 spiro atoms. The molecule has 2 heterocycles. The quantitative estimate of drug-likeness (QED) is 0.833. The van der Waals surface area contributed by atoms with E-state index >= 15 is 0 Å². The molecule has 4 nitrogen and oxygen atoms in total. The molecule has 0 bridgehead atoms. The Morgan fingerprint density at radius 1 is 1.30 bits per heavy atom. The van der Waals surface area contributed by atoms with Crippen molar-refractivity contribution in [2.45, 2.75) is 20.4 Å². The van der Waals surface area contributed by atoms with Gasteiger partial charge in [-0.25, -0.2) is 0 Å². The molecule has 0 aliphatic carbocycles. The fourth-order valence-electron chi connectivity index (χ4n) is 2.61. The van der Waals surface area contributed by atoms with E-state index in [9.17, 15) is 0 Å². The molecule has 0 aromatic carbocycles. The molecule has 2 N–H and O–H groups in total. The summed E-state index contributed by atoms with van der Waals surface area (Å²) in [4.78, 5) is 9.58. The number of rotatable bonds is 5. The van der Waals surface area contributed by atoms with Crippen molar-refractivity contribution in [3.63, 3.8) is 0 Å².